The third-order valence-electron chi connectivity index (χ3n) is 5.50. The number of fused-ring (bicyclic) bond motifs is 2. The van der Waals surface area contributed by atoms with Crippen LogP contribution in [-0.4, -0.2) is 30.3 Å². The van der Waals surface area contributed by atoms with E-state index in [1.54, 1.807) is 0 Å². The Morgan fingerprint density at radius 1 is 1.14 bits per heavy atom. The van der Waals surface area contributed by atoms with Crippen LogP contribution in [0.15, 0.2) is 18.2 Å². The van der Waals surface area contributed by atoms with Crippen molar-refractivity contribution >= 4 is 18.2 Å². The Morgan fingerprint density at radius 3 is 2.68 bits per heavy atom. The lowest BCUT2D eigenvalue weighted by Crippen LogP contribution is -2.31. The molecule has 1 aliphatic carbocycles. The normalized spacial score (nSPS) is 24.6. The molecular weight excluding hydrogens is 294 g/mol. The van der Waals surface area contributed by atoms with Crippen LogP contribution in [0, 0.1) is 25.7 Å². The second-order valence-electron chi connectivity index (χ2n) is 7.11. The van der Waals surface area contributed by atoms with Crippen molar-refractivity contribution in [3.8, 4) is 0 Å². The van der Waals surface area contributed by atoms with Gasteiger partial charge >= 0.3 is 0 Å². The van der Waals surface area contributed by atoms with Gasteiger partial charge in [-0.3, -0.25) is 4.79 Å². The maximum Gasteiger partial charge on any atom is 0.164 e. The zero-order valence-electron chi connectivity index (χ0n) is 13.8. The third kappa shape index (κ3) is 4.11. The summed E-state index contributed by atoms with van der Waals surface area (Å²) in [6, 6.07) is 6.09. The first-order chi connectivity index (χ1) is 10.1. The molecule has 0 spiro atoms. The highest BCUT2D eigenvalue weighted by Crippen LogP contribution is 2.36. The zero-order valence-corrected chi connectivity index (χ0v) is 14.6. The number of likely N-dealkylation sites (tertiary alicyclic amines) is 1. The Hall–Kier alpha value is -0.860. The predicted molar refractivity (Wildman–Crippen MR) is 94.0 cm³/mol. The van der Waals surface area contributed by atoms with Crippen LogP contribution in [0.3, 0.4) is 0 Å². The van der Waals surface area contributed by atoms with Crippen LogP contribution in [-0.2, 0) is 0 Å². The number of hydrogen-bond acceptors (Lipinski definition) is 2. The lowest BCUT2D eigenvalue weighted by atomic mass is 10.0. The van der Waals surface area contributed by atoms with Crippen LogP contribution in [0.1, 0.15) is 53.6 Å². The molecule has 2 nitrogen and oxygen atoms in total. The molecule has 22 heavy (non-hydrogen) atoms. The molecule has 122 valence electrons. The van der Waals surface area contributed by atoms with Gasteiger partial charge in [0.25, 0.3) is 0 Å². The molecule has 0 aromatic heterocycles. The Kier molecular flexibility index (Phi) is 6.05. The Morgan fingerprint density at radius 2 is 1.91 bits per heavy atom. The predicted octanol–water partition coefficient (Wildman–Crippen LogP) is 4.42. The summed E-state index contributed by atoms with van der Waals surface area (Å²) in [6.45, 7) is 7.53. The second-order valence-corrected chi connectivity index (χ2v) is 7.11. The highest BCUT2D eigenvalue weighted by molar-refractivity contribution is 5.96. The molecule has 3 rings (SSSR count). The fourth-order valence-electron chi connectivity index (χ4n) is 3.95. The van der Waals surface area contributed by atoms with Gasteiger partial charge in [0.2, 0.25) is 0 Å². The average molecular weight is 322 g/mol. The van der Waals surface area contributed by atoms with E-state index in [-0.39, 0.29) is 12.4 Å². The van der Waals surface area contributed by atoms with Crippen molar-refractivity contribution in [2.24, 2.45) is 11.8 Å². The van der Waals surface area contributed by atoms with Crippen LogP contribution in [0.2, 0.25) is 0 Å². The number of Topliss-reactive ketones (excluding diaryl/α,β-unsaturated/α-hetero) is 1. The maximum absolute atomic E-state index is 12.4. The minimum atomic E-state index is 0. The average Bonchev–Trinajstić information content (AvgIpc) is 2.80. The smallest absolute Gasteiger partial charge is 0.164 e. The van der Waals surface area contributed by atoms with E-state index >= 15 is 0 Å². The van der Waals surface area contributed by atoms with E-state index in [0.717, 1.165) is 23.9 Å². The number of hydrogen-bond donors (Lipinski definition) is 0. The van der Waals surface area contributed by atoms with Crippen molar-refractivity contribution in [1.29, 1.82) is 0 Å². The third-order valence-corrected chi connectivity index (χ3v) is 5.50. The van der Waals surface area contributed by atoms with E-state index in [4.69, 9.17) is 0 Å². The van der Waals surface area contributed by atoms with Crippen molar-refractivity contribution < 1.29 is 4.79 Å². The van der Waals surface area contributed by atoms with Gasteiger partial charge in [-0.15, -0.1) is 12.4 Å². The molecule has 1 aromatic carbocycles. The SMILES string of the molecule is Cc1ccc(C(=O)CCN2CCC3CCC(C3)C2)cc1C.Cl. The lowest BCUT2D eigenvalue weighted by molar-refractivity contribution is 0.0960. The first-order valence-corrected chi connectivity index (χ1v) is 8.44. The number of nitrogens with zero attached hydrogens (tertiary/aromatic N) is 1. The van der Waals surface area contributed by atoms with E-state index < -0.39 is 0 Å². The second kappa shape index (κ2) is 7.61. The van der Waals surface area contributed by atoms with E-state index in [0.29, 0.717) is 12.2 Å². The van der Waals surface area contributed by atoms with Crippen LogP contribution in [0.4, 0.5) is 0 Å². The molecule has 0 N–H and O–H groups in total. The first kappa shape index (κ1) is 17.5. The van der Waals surface area contributed by atoms with Gasteiger partial charge in [-0.2, -0.15) is 0 Å². The van der Waals surface area contributed by atoms with Crippen LogP contribution in [0.25, 0.3) is 0 Å². The van der Waals surface area contributed by atoms with Gasteiger partial charge in [-0.1, -0.05) is 18.6 Å². The zero-order chi connectivity index (χ0) is 14.8. The van der Waals surface area contributed by atoms with Crippen molar-refractivity contribution in [2.45, 2.75) is 46.0 Å². The molecule has 2 aliphatic rings. The van der Waals surface area contributed by atoms with Gasteiger partial charge in [0, 0.05) is 25.1 Å². The van der Waals surface area contributed by atoms with Crippen LogP contribution < -0.4 is 0 Å². The molecule has 1 saturated heterocycles. The molecule has 1 saturated carbocycles. The number of carbonyl (C=O) groups is 1. The van der Waals surface area contributed by atoms with Crippen LogP contribution >= 0.6 is 12.4 Å². The number of benzene rings is 1. The quantitative estimate of drug-likeness (QED) is 0.765. The first-order valence-electron chi connectivity index (χ1n) is 8.44. The molecule has 0 amide bonds. The van der Waals surface area contributed by atoms with Crippen molar-refractivity contribution in [2.75, 3.05) is 19.6 Å². The molecule has 2 atom stereocenters. The minimum Gasteiger partial charge on any atom is -0.303 e. The van der Waals surface area contributed by atoms with E-state index in [2.05, 4.69) is 24.8 Å². The molecule has 2 unspecified atom stereocenters. The van der Waals surface area contributed by atoms with Crippen LogP contribution in [0.5, 0.6) is 0 Å². The summed E-state index contributed by atoms with van der Waals surface area (Å²) in [7, 11) is 0. The van der Waals surface area contributed by atoms with Gasteiger partial charge in [0.05, 0.1) is 0 Å². The largest absolute Gasteiger partial charge is 0.303 e. The van der Waals surface area contributed by atoms with Crippen molar-refractivity contribution in [3.63, 3.8) is 0 Å². The number of halogens is 1. The summed E-state index contributed by atoms with van der Waals surface area (Å²) in [4.78, 5) is 14.9. The summed E-state index contributed by atoms with van der Waals surface area (Å²) in [5.41, 5.74) is 3.36. The highest BCUT2D eigenvalue weighted by Gasteiger charge is 2.29. The fourth-order valence-corrected chi connectivity index (χ4v) is 3.95. The molecule has 3 heteroatoms. The number of ketones is 1. The molecule has 1 aromatic rings. The Balaban J connectivity index is 0.00000176. The maximum atomic E-state index is 12.4. The van der Waals surface area contributed by atoms with Gasteiger partial charge in [0.1, 0.15) is 0 Å². The molecule has 0 radical (unpaired) electrons. The standard InChI is InChI=1S/C19H27NO.ClH/c1-14-3-6-18(11-15(14)2)19(21)8-10-20-9-7-16-4-5-17(12-16)13-20;/h3,6,11,16-17H,4-5,7-10,12-13H2,1-2H3;1H. The summed E-state index contributed by atoms with van der Waals surface area (Å²) in [5, 5.41) is 0. The summed E-state index contributed by atoms with van der Waals surface area (Å²) < 4.78 is 0. The fraction of sp³-hybridized carbons (Fsp3) is 0.632. The summed E-state index contributed by atoms with van der Waals surface area (Å²) >= 11 is 0. The van der Waals surface area contributed by atoms with Gasteiger partial charge < -0.3 is 4.90 Å². The summed E-state index contributed by atoms with van der Waals surface area (Å²) in [5.74, 6) is 2.16. The number of aryl methyl sites for hydroxylation is 2. The van der Waals surface area contributed by atoms with Gasteiger partial charge in [-0.05, 0) is 68.7 Å². The van der Waals surface area contributed by atoms with Gasteiger partial charge in [0.15, 0.2) is 5.78 Å². The highest BCUT2D eigenvalue weighted by atomic mass is 35.5. The Labute approximate surface area is 140 Å². The monoisotopic (exact) mass is 321 g/mol. The number of carbonyl (C=O) groups excluding carboxylic acids is 1. The molecule has 2 fully saturated rings. The van der Waals surface area contributed by atoms with E-state index in [9.17, 15) is 4.79 Å². The number of rotatable bonds is 4. The Bertz CT molecular complexity index is 528. The van der Waals surface area contributed by atoms with E-state index in [1.165, 1.54) is 49.9 Å². The molecular formula is C19H28ClNO. The molecule has 2 bridgehead atoms. The summed E-state index contributed by atoms with van der Waals surface area (Å²) in [6.07, 6.45) is 6.29. The molecule has 1 heterocycles. The lowest BCUT2D eigenvalue weighted by Gasteiger charge is -2.24. The van der Waals surface area contributed by atoms with Crippen molar-refractivity contribution in [1.82, 2.24) is 4.90 Å². The van der Waals surface area contributed by atoms with Crippen molar-refractivity contribution in [3.05, 3.63) is 34.9 Å². The van der Waals surface area contributed by atoms with E-state index in [1.807, 2.05) is 12.1 Å². The van der Waals surface area contributed by atoms with Gasteiger partial charge in [-0.25, -0.2) is 0 Å². The minimum absolute atomic E-state index is 0. The topological polar surface area (TPSA) is 20.3 Å². The molecule has 1 aliphatic heterocycles.